The predicted octanol–water partition coefficient (Wildman–Crippen LogP) is 5.21. The Balaban J connectivity index is 1.54. The van der Waals surface area contributed by atoms with Crippen LogP contribution in [0.3, 0.4) is 0 Å². The van der Waals surface area contributed by atoms with E-state index in [2.05, 4.69) is 30.5 Å². The Morgan fingerprint density at radius 1 is 1.03 bits per heavy atom. The Morgan fingerprint density at radius 3 is 2.35 bits per heavy atom. The van der Waals surface area contributed by atoms with E-state index in [-0.39, 0.29) is 12.2 Å². The summed E-state index contributed by atoms with van der Waals surface area (Å²) in [4.78, 5) is 24.9. The SMILES string of the molecule is CSc1ccc(-c2nn(C[C@H]3CC[C@H](COCC(=O)O)CC3)c(=O)cc2-c2ccccc2)cc1. The number of benzene rings is 2. The monoisotopic (exact) mass is 478 g/mol. The zero-order valence-electron chi connectivity index (χ0n) is 19.4. The van der Waals surface area contributed by atoms with Crippen LogP contribution in [-0.4, -0.2) is 40.3 Å². The zero-order chi connectivity index (χ0) is 23.9. The van der Waals surface area contributed by atoms with Crippen LogP contribution in [0.4, 0.5) is 0 Å². The van der Waals surface area contributed by atoms with Crippen LogP contribution in [0.1, 0.15) is 25.7 Å². The third-order valence-electron chi connectivity index (χ3n) is 6.42. The summed E-state index contributed by atoms with van der Waals surface area (Å²) in [7, 11) is 0. The molecule has 0 spiro atoms. The molecule has 178 valence electrons. The third-order valence-corrected chi connectivity index (χ3v) is 7.17. The molecule has 6 nitrogen and oxygen atoms in total. The van der Waals surface area contributed by atoms with Gasteiger partial charge in [0.15, 0.2) is 0 Å². The van der Waals surface area contributed by atoms with E-state index in [9.17, 15) is 9.59 Å². The van der Waals surface area contributed by atoms with Crippen molar-refractivity contribution in [1.82, 2.24) is 9.78 Å². The number of carboxylic acid groups (broad SMARTS) is 1. The summed E-state index contributed by atoms with van der Waals surface area (Å²) >= 11 is 1.69. The molecule has 1 aliphatic carbocycles. The molecule has 0 atom stereocenters. The number of carbonyl (C=O) groups is 1. The van der Waals surface area contributed by atoms with Crippen molar-refractivity contribution < 1.29 is 14.6 Å². The summed E-state index contributed by atoms with van der Waals surface area (Å²) in [5.74, 6) is -0.182. The summed E-state index contributed by atoms with van der Waals surface area (Å²) in [5, 5.41) is 13.6. The molecule has 0 radical (unpaired) electrons. The van der Waals surface area contributed by atoms with Crippen LogP contribution < -0.4 is 5.56 Å². The molecule has 34 heavy (non-hydrogen) atoms. The van der Waals surface area contributed by atoms with Gasteiger partial charge < -0.3 is 9.84 Å². The number of carboxylic acids is 1. The molecule has 2 aromatic carbocycles. The van der Waals surface area contributed by atoms with Crippen LogP contribution >= 0.6 is 11.8 Å². The number of rotatable bonds is 9. The first-order valence-electron chi connectivity index (χ1n) is 11.6. The lowest BCUT2D eigenvalue weighted by molar-refractivity contribution is -0.142. The zero-order valence-corrected chi connectivity index (χ0v) is 20.2. The summed E-state index contributed by atoms with van der Waals surface area (Å²) in [6.07, 6.45) is 5.96. The number of hydrogen-bond acceptors (Lipinski definition) is 5. The van der Waals surface area contributed by atoms with Crippen LogP contribution in [0.25, 0.3) is 22.4 Å². The van der Waals surface area contributed by atoms with E-state index in [1.807, 2.05) is 30.3 Å². The minimum Gasteiger partial charge on any atom is -0.480 e. The van der Waals surface area contributed by atoms with Crippen LogP contribution in [0.2, 0.25) is 0 Å². The Morgan fingerprint density at radius 2 is 1.71 bits per heavy atom. The van der Waals surface area contributed by atoms with E-state index in [0.717, 1.165) is 48.1 Å². The van der Waals surface area contributed by atoms with Gasteiger partial charge in [0.25, 0.3) is 5.56 Å². The second-order valence-corrected chi connectivity index (χ2v) is 9.70. The molecule has 1 aromatic heterocycles. The van der Waals surface area contributed by atoms with Gasteiger partial charge in [-0.2, -0.15) is 5.10 Å². The van der Waals surface area contributed by atoms with Crippen molar-refractivity contribution in [3.05, 3.63) is 71.0 Å². The summed E-state index contributed by atoms with van der Waals surface area (Å²) in [6.45, 7) is 0.833. The quantitative estimate of drug-likeness (QED) is 0.426. The van der Waals surface area contributed by atoms with E-state index in [0.29, 0.717) is 25.0 Å². The number of aliphatic carboxylic acids is 1. The second kappa shape index (κ2) is 11.5. The normalized spacial score (nSPS) is 18.0. The number of nitrogens with zero attached hydrogens (tertiary/aromatic N) is 2. The average molecular weight is 479 g/mol. The molecule has 1 heterocycles. The van der Waals surface area contributed by atoms with E-state index in [1.54, 1.807) is 22.5 Å². The number of hydrogen-bond donors (Lipinski definition) is 1. The van der Waals surface area contributed by atoms with Gasteiger partial charge in [0.05, 0.1) is 12.3 Å². The first-order chi connectivity index (χ1) is 16.5. The molecule has 7 heteroatoms. The Hall–Kier alpha value is -2.90. The molecule has 1 saturated carbocycles. The number of ether oxygens (including phenoxy) is 1. The summed E-state index contributed by atoms with van der Waals surface area (Å²) in [6, 6.07) is 19.9. The topological polar surface area (TPSA) is 81.4 Å². The first-order valence-corrected chi connectivity index (χ1v) is 12.9. The first kappa shape index (κ1) is 24.2. The summed E-state index contributed by atoms with van der Waals surface area (Å²) in [5.41, 5.74) is 3.54. The lowest BCUT2D eigenvalue weighted by Gasteiger charge is -2.28. The molecule has 3 aromatic rings. The van der Waals surface area contributed by atoms with E-state index in [1.165, 1.54) is 4.90 Å². The van der Waals surface area contributed by atoms with Gasteiger partial charge in [-0.15, -0.1) is 11.8 Å². The molecule has 1 aliphatic rings. The molecular weight excluding hydrogens is 448 g/mol. The van der Waals surface area contributed by atoms with Crippen molar-refractivity contribution >= 4 is 17.7 Å². The van der Waals surface area contributed by atoms with Crippen molar-refractivity contribution in [2.75, 3.05) is 19.5 Å². The Bertz CT molecular complexity index is 1150. The fourth-order valence-corrected chi connectivity index (χ4v) is 4.97. The standard InChI is InChI=1S/C27H30N2O4S/c1-34-23-13-11-22(12-14-23)27-24(21-5-3-2-4-6-21)15-25(30)29(28-27)16-19-7-9-20(10-8-19)17-33-18-26(31)32/h2-6,11-15,19-20H,7-10,16-18H2,1H3,(H,31,32)/t19-,20-. The largest absolute Gasteiger partial charge is 0.480 e. The van der Waals surface area contributed by atoms with Gasteiger partial charge in [0.1, 0.15) is 6.61 Å². The smallest absolute Gasteiger partial charge is 0.329 e. The molecule has 1 N–H and O–H groups in total. The van der Waals surface area contributed by atoms with Crippen LogP contribution in [0, 0.1) is 11.8 Å². The Labute approximate surface area is 204 Å². The maximum absolute atomic E-state index is 13.1. The molecule has 0 amide bonds. The highest BCUT2D eigenvalue weighted by molar-refractivity contribution is 7.98. The van der Waals surface area contributed by atoms with E-state index < -0.39 is 5.97 Å². The fraction of sp³-hybridized carbons (Fsp3) is 0.370. The molecule has 4 rings (SSSR count). The minimum absolute atomic E-state index is 0.0877. The molecule has 0 aliphatic heterocycles. The Kier molecular flexibility index (Phi) is 8.19. The van der Waals surface area contributed by atoms with Gasteiger partial charge in [-0.25, -0.2) is 9.48 Å². The number of thioether (sulfide) groups is 1. The highest BCUT2D eigenvalue weighted by Crippen LogP contribution is 2.32. The van der Waals surface area contributed by atoms with Gasteiger partial charge in [-0.3, -0.25) is 4.79 Å². The van der Waals surface area contributed by atoms with Crippen molar-refractivity contribution in [3.8, 4) is 22.4 Å². The number of aromatic nitrogens is 2. The van der Waals surface area contributed by atoms with Gasteiger partial charge in [-0.1, -0.05) is 42.5 Å². The third kappa shape index (κ3) is 6.15. The fourth-order valence-electron chi connectivity index (χ4n) is 4.56. The van der Waals surface area contributed by atoms with E-state index in [4.69, 9.17) is 14.9 Å². The van der Waals surface area contributed by atoms with Crippen molar-refractivity contribution in [1.29, 1.82) is 0 Å². The maximum Gasteiger partial charge on any atom is 0.329 e. The van der Waals surface area contributed by atoms with Crippen LogP contribution in [0.15, 0.2) is 70.4 Å². The van der Waals surface area contributed by atoms with Gasteiger partial charge in [0.2, 0.25) is 0 Å². The van der Waals surface area contributed by atoms with Gasteiger partial charge in [0, 0.05) is 28.6 Å². The second-order valence-electron chi connectivity index (χ2n) is 8.82. The van der Waals surface area contributed by atoms with Gasteiger partial charge >= 0.3 is 5.97 Å². The molecule has 1 fully saturated rings. The van der Waals surface area contributed by atoms with Crippen molar-refractivity contribution in [2.45, 2.75) is 37.1 Å². The van der Waals surface area contributed by atoms with Crippen LogP contribution in [-0.2, 0) is 16.1 Å². The molecule has 0 bridgehead atoms. The van der Waals surface area contributed by atoms with Crippen LogP contribution in [0.5, 0.6) is 0 Å². The molecular formula is C27H30N2O4S. The predicted molar refractivity (Wildman–Crippen MR) is 135 cm³/mol. The van der Waals surface area contributed by atoms with Crippen molar-refractivity contribution in [3.63, 3.8) is 0 Å². The lowest BCUT2D eigenvalue weighted by atomic mass is 9.82. The lowest BCUT2D eigenvalue weighted by Crippen LogP contribution is -2.29. The van der Waals surface area contributed by atoms with Crippen molar-refractivity contribution in [2.24, 2.45) is 11.8 Å². The van der Waals surface area contributed by atoms with E-state index >= 15 is 0 Å². The molecule has 0 saturated heterocycles. The average Bonchev–Trinajstić information content (AvgIpc) is 2.86. The summed E-state index contributed by atoms with van der Waals surface area (Å²) < 4.78 is 6.90. The highest BCUT2D eigenvalue weighted by atomic mass is 32.2. The minimum atomic E-state index is -0.933. The maximum atomic E-state index is 13.1. The van der Waals surface area contributed by atoms with Gasteiger partial charge in [-0.05, 0) is 61.5 Å². The molecule has 0 unspecified atom stereocenters. The highest BCUT2D eigenvalue weighted by Gasteiger charge is 2.23.